The molecule has 1 N–H and O–H groups in total. The summed E-state index contributed by atoms with van der Waals surface area (Å²) in [6, 6.07) is 16.6. The summed E-state index contributed by atoms with van der Waals surface area (Å²) < 4.78 is 1.35. The lowest BCUT2D eigenvalue weighted by Gasteiger charge is -2.33. The third kappa shape index (κ3) is 4.67. The molecule has 31 heavy (non-hydrogen) atoms. The molecule has 0 aliphatic carbocycles. The molecule has 1 unspecified atom stereocenters. The Morgan fingerprint density at radius 1 is 1.19 bits per heavy atom. The van der Waals surface area contributed by atoms with Crippen molar-refractivity contribution < 1.29 is 4.79 Å². The molecule has 1 aliphatic heterocycles. The number of benzene rings is 2. The standard InChI is InChI=1S/C24H24N4OS2/c29-23(19-9-7-17(8-10-19)14-31-24-25-16-26-27-24)28-11-3-4-18(13-28)12-20-15-30-22-6-2-1-5-21(20)22/h1-2,5-10,15-16,18H,3-4,11-14H2,(H,25,26,27). The van der Waals surface area contributed by atoms with Crippen LogP contribution in [0.5, 0.6) is 0 Å². The van der Waals surface area contributed by atoms with Crippen LogP contribution in [0, 0.1) is 5.92 Å². The number of nitrogens with one attached hydrogen (secondary N) is 1. The maximum Gasteiger partial charge on any atom is 0.253 e. The monoisotopic (exact) mass is 448 g/mol. The number of hydrogen-bond acceptors (Lipinski definition) is 5. The zero-order valence-electron chi connectivity index (χ0n) is 17.2. The Morgan fingerprint density at radius 3 is 2.90 bits per heavy atom. The molecule has 4 aromatic rings. The summed E-state index contributed by atoms with van der Waals surface area (Å²) in [5.41, 5.74) is 3.36. The molecule has 1 fully saturated rings. The van der Waals surface area contributed by atoms with Crippen LogP contribution in [0.25, 0.3) is 10.1 Å². The fraction of sp³-hybridized carbons (Fsp3) is 0.292. The number of amides is 1. The SMILES string of the molecule is O=C(c1ccc(CSc2ncn[nH]2)cc1)N1CCCC(Cc2csc3ccccc23)C1. The fourth-order valence-electron chi connectivity index (χ4n) is 4.26. The topological polar surface area (TPSA) is 61.9 Å². The first-order valence-corrected chi connectivity index (χ1v) is 12.4. The van der Waals surface area contributed by atoms with E-state index < -0.39 is 0 Å². The molecule has 5 rings (SSSR count). The number of fused-ring (bicyclic) bond motifs is 1. The first-order valence-electron chi connectivity index (χ1n) is 10.6. The zero-order chi connectivity index (χ0) is 21.0. The highest BCUT2D eigenvalue weighted by molar-refractivity contribution is 7.98. The first-order chi connectivity index (χ1) is 15.3. The molecule has 5 nitrogen and oxygen atoms in total. The lowest BCUT2D eigenvalue weighted by Crippen LogP contribution is -2.40. The highest BCUT2D eigenvalue weighted by Gasteiger charge is 2.25. The van der Waals surface area contributed by atoms with Gasteiger partial charge < -0.3 is 4.90 Å². The lowest BCUT2D eigenvalue weighted by atomic mass is 9.91. The third-order valence-electron chi connectivity index (χ3n) is 5.85. The van der Waals surface area contributed by atoms with Gasteiger partial charge in [0, 0.05) is 29.1 Å². The van der Waals surface area contributed by atoms with Crippen molar-refractivity contribution in [3.63, 3.8) is 0 Å². The van der Waals surface area contributed by atoms with E-state index in [-0.39, 0.29) is 5.91 Å². The summed E-state index contributed by atoms with van der Waals surface area (Å²) in [4.78, 5) is 19.3. The number of nitrogens with zero attached hydrogens (tertiary/aromatic N) is 3. The number of aromatic nitrogens is 3. The maximum atomic E-state index is 13.1. The van der Waals surface area contributed by atoms with Crippen LogP contribution in [0.3, 0.4) is 0 Å². The van der Waals surface area contributed by atoms with Gasteiger partial charge in [-0.05, 0) is 65.3 Å². The smallest absolute Gasteiger partial charge is 0.253 e. The molecule has 0 bridgehead atoms. The average molecular weight is 449 g/mol. The summed E-state index contributed by atoms with van der Waals surface area (Å²) >= 11 is 3.42. The van der Waals surface area contributed by atoms with Crippen LogP contribution < -0.4 is 0 Å². The van der Waals surface area contributed by atoms with Crippen LogP contribution in [0.1, 0.15) is 34.3 Å². The van der Waals surface area contributed by atoms with Crippen molar-refractivity contribution in [1.82, 2.24) is 20.1 Å². The van der Waals surface area contributed by atoms with E-state index in [9.17, 15) is 4.79 Å². The van der Waals surface area contributed by atoms with Crippen molar-refractivity contribution in [3.05, 3.63) is 76.9 Å². The van der Waals surface area contributed by atoms with E-state index in [0.717, 1.165) is 42.4 Å². The van der Waals surface area contributed by atoms with Gasteiger partial charge in [-0.3, -0.25) is 9.89 Å². The normalized spacial score (nSPS) is 16.6. The number of carbonyl (C=O) groups is 1. The van der Waals surface area contributed by atoms with E-state index in [1.54, 1.807) is 11.8 Å². The minimum atomic E-state index is 0.148. The molecule has 0 spiro atoms. The second kappa shape index (κ2) is 9.24. The van der Waals surface area contributed by atoms with Crippen LogP contribution in [0.15, 0.2) is 65.4 Å². The largest absolute Gasteiger partial charge is 0.338 e. The Kier molecular flexibility index (Phi) is 6.04. The number of piperidine rings is 1. The molecule has 158 valence electrons. The fourth-order valence-corrected chi connectivity index (χ4v) is 5.97. The van der Waals surface area contributed by atoms with Crippen molar-refractivity contribution in [2.24, 2.45) is 5.92 Å². The molecule has 2 aromatic heterocycles. The van der Waals surface area contributed by atoms with Crippen molar-refractivity contribution in [3.8, 4) is 0 Å². The van der Waals surface area contributed by atoms with Crippen LogP contribution in [0.2, 0.25) is 0 Å². The number of aromatic amines is 1. The molecule has 1 amide bonds. The minimum absolute atomic E-state index is 0.148. The van der Waals surface area contributed by atoms with Gasteiger partial charge in [-0.25, -0.2) is 4.98 Å². The first kappa shape index (κ1) is 20.3. The van der Waals surface area contributed by atoms with Gasteiger partial charge in [-0.15, -0.1) is 11.3 Å². The van der Waals surface area contributed by atoms with Gasteiger partial charge in [0.1, 0.15) is 6.33 Å². The van der Waals surface area contributed by atoms with Gasteiger partial charge >= 0.3 is 0 Å². The highest BCUT2D eigenvalue weighted by Crippen LogP contribution is 2.30. The van der Waals surface area contributed by atoms with Gasteiger partial charge in [0.05, 0.1) is 0 Å². The Morgan fingerprint density at radius 2 is 2.06 bits per heavy atom. The van der Waals surface area contributed by atoms with Gasteiger partial charge in [-0.1, -0.05) is 42.1 Å². The van der Waals surface area contributed by atoms with E-state index in [1.165, 1.54) is 34.0 Å². The summed E-state index contributed by atoms with van der Waals surface area (Å²) in [6.45, 7) is 1.69. The van der Waals surface area contributed by atoms with Crippen molar-refractivity contribution in [2.75, 3.05) is 13.1 Å². The quantitative estimate of drug-likeness (QED) is 0.401. The Balaban J connectivity index is 1.21. The van der Waals surface area contributed by atoms with Crippen LogP contribution >= 0.6 is 23.1 Å². The molecular weight excluding hydrogens is 424 g/mol. The van der Waals surface area contributed by atoms with Crippen molar-refractivity contribution >= 4 is 39.1 Å². The molecule has 1 aliphatic rings. The average Bonchev–Trinajstić information content (AvgIpc) is 3.48. The number of thioether (sulfide) groups is 1. The Hall–Kier alpha value is -2.64. The summed E-state index contributed by atoms with van der Waals surface area (Å²) in [7, 11) is 0. The number of thiophene rings is 1. The molecule has 3 heterocycles. The Labute approximate surface area is 189 Å². The van der Waals surface area contributed by atoms with Crippen LogP contribution in [0.4, 0.5) is 0 Å². The molecule has 2 aromatic carbocycles. The summed E-state index contributed by atoms with van der Waals surface area (Å²) in [6.07, 6.45) is 4.82. The molecule has 1 saturated heterocycles. The highest BCUT2D eigenvalue weighted by atomic mass is 32.2. The van der Waals surface area contributed by atoms with E-state index in [4.69, 9.17) is 0 Å². The molecule has 7 heteroatoms. The van der Waals surface area contributed by atoms with Crippen molar-refractivity contribution in [1.29, 1.82) is 0 Å². The molecule has 1 atom stereocenters. The second-order valence-corrected chi connectivity index (χ2v) is 9.87. The van der Waals surface area contributed by atoms with E-state index in [0.29, 0.717) is 5.92 Å². The van der Waals surface area contributed by atoms with Crippen molar-refractivity contribution in [2.45, 2.75) is 30.2 Å². The second-order valence-electron chi connectivity index (χ2n) is 8.00. The number of H-pyrrole nitrogens is 1. The van der Waals surface area contributed by atoms with Crippen LogP contribution in [-0.4, -0.2) is 39.1 Å². The summed E-state index contributed by atoms with van der Waals surface area (Å²) in [5.74, 6) is 1.46. The van der Waals surface area contributed by atoms with Crippen LogP contribution in [-0.2, 0) is 12.2 Å². The Bertz CT molecular complexity index is 1150. The van der Waals surface area contributed by atoms with E-state index in [2.05, 4.69) is 44.8 Å². The minimum Gasteiger partial charge on any atom is -0.338 e. The van der Waals surface area contributed by atoms with E-state index in [1.807, 2.05) is 40.5 Å². The molecule has 0 radical (unpaired) electrons. The van der Waals surface area contributed by atoms with Gasteiger partial charge in [-0.2, -0.15) is 5.10 Å². The third-order valence-corrected chi connectivity index (χ3v) is 7.81. The van der Waals surface area contributed by atoms with Gasteiger partial charge in [0.15, 0.2) is 5.16 Å². The predicted octanol–water partition coefficient (Wildman–Crippen LogP) is 5.41. The lowest BCUT2D eigenvalue weighted by molar-refractivity contribution is 0.0673. The molecule has 0 saturated carbocycles. The van der Waals surface area contributed by atoms with Gasteiger partial charge in [0.25, 0.3) is 5.91 Å². The zero-order valence-corrected chi connectivity index (χ0v) is 18.8. The predicted molar refractivity (Wildman–Crippen MR) is 127 cm³/mol. The number of rotatable bonds is 6. The maximum absolute atomic E-state index is 13.1. The molecular formula is C24H24N4OS2. The number of carbonyl (C=O) groups excluding carboxylic acids is 1. The van der Waals surface area contributed by atoms with Gasteiger partial charge in [0.2, 0.25) is 0 Å². The number of likely N-dealkylation sites (tertiary alicyclic amines) is 1. The number of hydrogen-bond donors (Lipinski definition) is 1. The summed E-state index contributed by atoms with van der Waals surface area (Å²) in [5, 5.41) is 11.2. The van der Waals surface area contributed by atoms with E-state index >= 15 is 0 Å².